The molecule has 2 fully saturated rings. The Bertz CT molecular complexity index is 366. The van der Waals surface area contributed by atoms with Crippen LogP contribution in [0.15, 0.2) is 0 Å². The van der Waals surface area contributed by atoms with Gasteiger partial charge in [-0.2, -0.15) is 0 Å². The number of hydrogen-bond donors (Lipinski definition) is 0. The lowest BCUT2D eigenvalue weighted by molar-refractivity contribution is 0.289. The number of rotatable bonds is 1. The molecule has 1 saturated carbocycles. The van der Waals surface area contributed by atoms with Gasteiger partial charge in [-0.3, -0.25) is 0 Å². The maximum absolute atomic E-state index is 2.54. The van der Waals surface area contributed by atoms with Gasteiger partial charge in [0.25, 0.3) is 0 Å². The van der Waals surface area contributed by atoms with Crippen LogP contribution in [0.4, 0.5) is 0 Å². The predicted octanol–water partition coefficient (Wildman–Crippen LogP) is 7.49. The zero-order valence-electron chi connectivity index (χ0n) is 16.7. The third kappa shape index (κ3) is 3.91. The SMILES string of the molecule is CC(C)(C)P([C@@H]1[C@H]2CCCC[C@@H]2C[P@]1C(C)(C)C)C(C)(C)C. The van der Waals surface area contributed by atoms with Crippen molar-refractivity contribution in [3.8, 4) is 0 Å². The lowest BCUT2D eigenvalue weighted by Crippen LogP contribution is -2.35. The molecule has 0 nitrogen and oxygen atoms in total. The molecule has 2 heteroatoms. The van der Waals surface area contributed by atoms with Crippen LogP contribution in [0.3, 0.4) is 0 Å². The van der Waals surface area contributed by atoms with Crippen LogP contribution < -0.4 is 0 Å². The normalized spacial score (nSPS) is 34.1. The summed E-state index contributed by atoms with van der Waals surface area (Å²) in [4.78, 5) is 0. The lowest BCUT2D eigenvalue weighted by atomic mass is 9.82. The van der Waals surface area contributed by atoms with Crippen LogP contribution in [0.1, 0.15) is 88.0 Å². The molecule has 22 heavy (non-hydrogen) atoms. The quantitative estimate of drug-likeness (QED) is 0.433. The van der Waals surface area contributed by atoms with Crippen molar-refractivity contribution < 1.29 is 0 Å². The first-order valence-corrected chi connectivity index (χ1v) is 12.4. The van der Waals surface area contributed by atoms with Crippen molar-refractivity contribution in [2.24, 2.45) is 11.8 Å². The van der Waals surface area contributed by atoms with Gasteiger partial charge in [-0.25, -0.2) is 0 Å². The smallest absolute Gasteiger partial charge is 0.00394 e. The van der Waals surface area contributed by atoms with Crippen molar-refractivity contribution in [1.29, 1.82) is 0 Å². The van der Waals surface area contributed by atoms with E-state index in [1.54, 1.807) is 6.16 Å². The molecule has 0 unspecified atom stereocenters. The first-order chi connectivity index (χ1) is 9.83. The molecule has 0 aromatic carbocycles. The summed E-state index contributed by atoms with van der Waals surface area (Å²) in [5, 5.41) is 2.55. The fourth-order valence-electron chi connectivity index (χ4n) is 5.25. The predicted molar refractivity (Wildman–Crippen MR) is 107 cm³/mol. The van der Waals surface area contributed by atoms with E-state index in [4.69, 9.17) is 0 Å². The van der Waals surface area contributed by atoms with E-state index in [0.29, 0.717) is 15.5 Å². The van der Waals surface area contributed by atoms with E-state index in [9.17, 15) is 0 Å². The van der Waals surface area contributed by atoms with E-state index in [1.165, 1.54) is 25.7 Å². The highest BCUT2D eigenvalue weighted by molar-refractivity contribution is 7.78. The van der Waals surface area contributed by atoms with Crippen LogP contribution in [0.5, 0.6) is 0 Å². The molecular formula is C20H40P2. The van der Waals surface area contributed by atoms with Crippen LogP contribution >= 0.6 is 15.8 Å². The largest absolute Gasteiger partial charge is 0.0930 e. The minimum atomic E-state index is 0.0377. The Morgan fingerprint density at radius 1 is 0.773 bits per heavy atom. The van der Waals surface area contributed by atoms with Crippen molar-refractivity contribution in [3.63, 3.8) is 0 Å². The Morgan fingerprint density at radius 3 is 1.73 bits per heavy atom. The van der Waals surface area contributed by atoms with Gasteiger partial charge in [0, 0.05) is 5.40 Å². The van der Waals surface area contributed by atoms with Gasteiger partial charge >= 0.3 is 0 Å². The summed E-state index contributed by atoms with van der Waals surface area (Å²) in [6, 6.07) is 0. The van der Waals surface area contributed by atoms with Crippen LogP contribution in [-0.4, -0.2) is 27.0 Å². The maximum Gasteiger partial charge on any atom is 0.00394 e. The maximum atomic E-state index is 2.54. The van der Waals surface area contributed by atoms with E-state index in [2.05, 4.69) is 62.3 Å². The second kappa shape index (κ2) is 6.30. The minimum Gasteiger partial charge on any atom is -0.0930 e. The third-order valence-electron chi connectivity index (χ3n) is 5.67. The summed E-state index contributed by atoms with van der Waals surface area (Å²) < 4.78 is 0. The van der Waals surface area contributed by atoms with Gasteiger partial charge < -0.3 is 0 Å². The number of fused-ring (bicyclic) bond motifs is 1. The molecule has 0 spiro atoms. The molecule has 0 aromatic heterocycles. The Balaban J connectivity index is 2.45. The molecule has 4 atom stereocenters. The Labute approximate surface area is 143 Å². The molecule has 0 radical (unpaired) electrons. The number of hydrogen-bond acceptors (Lipinski definition) is 0. The molecule has 0 bridgehead atoms. The molecule has 1 aliphatic carbocycles. The highest BCUT2D eigenvalue weighted by Crippen LogP contribution is 2.79. The first-order valence-electron chi connectivity index (χ1n) is 9.39. The summed E-state index contributed by atoms with van der Waals surface area (Å²) in [5.74, 6) is 2.13. The van der Waals surface area contributed by atoms with Crippen LogP contribution in [0.2, 0.25) is 0 Å². The lowest BCUT2D eigenvalue weighted by Gasteiger charge is -2.51. The van der Waals surface area contributed by atoms with Gasteiger partial charge in [0.2, 0.25) is 0 Å². The first kappa shape index (κ1) is 19.2. The Kier molecular flexibility index (Phi) is 5.49. The second-order valence-electron chi connectivity index (χ2n) is 10.7. The molecule has 2 aliphatic rings. The zero-order chi connectivity index (χ0) is 16.9. The van der Waals surface area contributed by atoms with E-state index in [1.807, 2.05) is 0 Å². The van der Waals surface area contributed by atoms with Gasteiger partial charge in [0.05, 0.1) is 0 Å². The van der Waals surface area contributed by atoms with Gasteiger partial charge in [0.15, 0.2) is 0 Å². The average molecular weight is 342 g/mol. The van der Waals surface area contributed by atoms with E-state index in [-0.39, 0.29) is 15.8 Å². The van der Waals surface area contributed by atoms with Crippen molar-refractivity contribution >= 4 is 15.8 Å². The summed E-state index contributed by atoms with van der Waals surface area (Å²) in [6.07, 6.45) is 7.66. The van der Waals surface area contributed by atoms with Gasteiger partial charge in [-0.15, -0.1) is 0 Å². The van der Waals surface area contributed by atoms with E-state index in [0.717, 1.165) is 17.2 Å². The average Bonchev–Trinajstić information content (AvgIpc) is 2.65. The molecule has 1 aliphatic heterocycles. The molecule has 0 N–H and O–H groups in total. The van der Waals surface area contributed by atoms with E-state index >= 15 is 0 Å². The molecule has 130 valence electrons. The highest BCUT2D eigenvalue weighted by Gasteiger charge is 2.54. The summed E-state index contributed by atoms with van der Waals surface area (Å²) in [5.41, 5.74) is 0. The van der Waals surface area contributed by atoms with E-state index < -0.39 is 0 Å². The minimum absolute atomic E-state index is 0.0377. The molecule has 0 aromatic rings. The molecule has 1 saturated heterocycles. The summed E-state index contributed by atoms with van der Waals surface area (Å²) >= 11 is 0. The van der Waals surface area contributed by atoms with Gasteiger partial charge in [-0.1, -0.05) is 91.0 Å². The third-order valence-corrected chi connectivity index (χ3v) is 14.6. The topological polar surface area (TPSA) is 0 Å². The standard InChI is InChI=1S/C20H40P2/c1-18(2,3)21-14-15-12-10-11-13-16(15)17(21)22(19(4,5)6)20(7,8)9/h15-17H,10-14H2,1-9H3/t15-,16+,17-,21+/m1/s1. The Morgan fingerprint density at radius 2 is 1.27 bits per heavy atom. The van der Waals surface area contributed by atoms with Crippen molar-refractivity contribution in [2.75, 3.05) is 6.16 Å². The summed E-state index contributed by atoms with van der Waals surface area (Å²) in [6.45, 7) is 22.9. The highest BCUT2D eigenvalue weighted by atomic mass is 31.2. The zero-order valence-corrected chi connectivity index (χ0v) is 18.5. The van der Waals surface area contributed by atoms with Crippen molar-refractivity contribution in [1.82, 2.24) is 0 Å². The fraction of sp³-hybridized carbons (Fsp3) is 1.00. The van der Waals surface area contributed by atoms with Crippen molar-refractivity contribution in [3.05, 3.63) is 0 Å². The van der Waals surface area contributed by atoms with Gasteiger partial charge in [-0.05, 0) is 46.3 Å². The Hall–Kier alpha value is 0.860. The summed E-state index contributed by atoms with van der Waals surface area (Å²) in [7, 11) is 0.199. The van der Waals surface area contributed by atoms with Crippen LogP contribution in [0, 0.1) is 11.8 Å². The fourth-order valence-corrected chi connectivity index (χ4v) is 17.5. The van der Waals surface area contributed by atoms with Crippen LogP contribution in [0.25, 0.3) is 0 Å². The second-order valence-corrected chi connectivity index (χ2v) is 18.2. The molecule has 0 amide bonds. The van der Waals surface area contributed by atoms with Gasteiger partial charge in [0.1, 0.15) is 0 Å². The molecule has 1 heterocycles. The monoisotopic (exact) mass is 342 g/mol. The van der Waals surface area contributed by atoms with Crippen molar-refractivity contribution in [2.45, 2.75) is 109 Å². The molecular weight excluding hydrogens is 302 g/mol. The molecule has 2 rings (SSSR count). The van der Waals surface area contributed by atoms with Crippen LogP contribution in [-0.2, 0) is 0 Å².